The Kier molecular flexibility index (Phi) is 4.34. The molecular weight excluding hydrogens is 277 g/mol. The lowest BCUT2D eigenvalue weighted by Crippen LogP contribution is -2.24. The van der Waals surface area contributed by atoms with E-state index in [2.05, 4.69) is 10.3 Å². The average molecular weight is 293 g/mol. The number of nitrogens with two attached hydrogens (primary N) is 1. The molecule has 3 N–H and O–H groups in total. The highest BCUT2D eigenvalue weighted by Crippen LogP contribution is 2.18. The summed E-state index contributed by atoms with van der Waals surface area (Å²) in [7, 11) is 0. The number of halogens is 1. The topological polar surface area (TPSA) is 68.0 Å². The first-order chi connectivity index (χ1) is 9.51. The molecule has 1 aromatic carbocycles. The predicted molar refractivity (Wildman–Crippen MR) is 78.2 cm³/mol. The Balaban J connectivity index is 2.09. The molecule has 1 amide bonds. The minimum atomic E-state index is -0.537. The molecule has 0 atom stereocenters. The summed E-state index contributed by atoms with van der Waals surface area (Å²) in [6, 6.07) is 2.84. The van der Waals surface area contributed by atoms with Gasteiger partial charge in [-0.2, -0.15) is 0 Å². The van der Waals surface area contributed by atoms with Crippen molar-refractivity contribution < 1.29 is 9.18 Å². The Hall–Kier alpha value is -1.95. The van der Waals surface area contributed by atoms with E-state index in [0.717, 1.165) is 16.3 Å². The van der Waals surface area contributed by atoms with Crippen LogP contribution in [0.4, 0.5) is 10.1 Å². The summed E-state index contributed by atoms with van der Waals surface area (Å²) in [6.07, 6.45) is 2.70. The number of benzene rings is 1. The summed E-state index contributed by atoms with van der Waals surface area (Å²) >= 11 is 1.54. The normalized spacial score (nSPS) is 10.6. The fourth-order valence-electron chi connectivity index (χ4n) is 1.81. The molecule has 0 radical (unpaired) electrons. The number of aryl methyl sites for hydroxylation is 2. The van der Waals surface area contributed by atoms with Gasteiger partial charge in [-0.15, -0.1) is 11.3 Å². The van der Waals surface area contributed by atoms with Crippen LogP contribution in [0.3, 0.4) is 0 Å². The van der Waals surface area contributed by atoms with Gasteiger partial charge in [-0.1, -0.05) is 6.92 Å². The van der Waals surface area contributed by atoms with Crippen LogP contribution in [-0.2, 0) is 13.0 Å². The zero-order valence-corrected chi connectivity index (χ0v) is 12.2. The summed E-state index contributed by atoms with van der Waals surface area (Å²) in [6.45, 7) is 3.91. The first-order valence-electron chi connectivity index (χ1n) is 6.28. The fourth-order valence-corrected chi connectivity index (χ4v) is 2.61. The minimum absolute atomic E-state index is 0.0326. The van der Waals surface area contributed by atoms with E-state index in [1.807, 2.05) is 6.92 Å². The molecule has 1 aromatic heterocycles. The smallest absolute Gasteiger partial charge is 0.254 e. The van der Waals surface area contributed by atoms with E-state index >= 15 is 0 Å². The molecule has 2 rings (SSSR count). The molecule has 0 spiro atoms. The van der Waals surface area contributed by atoms with Gasteiger partial charge in [0.25, 0.3) is 5.91 Å². The van der Waals surface area contributed by atoms with E-state index in [1.165, 1.54) is 23.5 Å². The second-order valence-electron chi connectivity index (χ2n) is 4.46. The summed E-state index contributed by atoms with van der Waals surface area (Å²) in [5.74, 6) is -1.02. The average Bonchev–Trinajstić information content (AvgIpc) is 2.88. The van der Waals surface area contributed by atoms with Gasteiger partial charge in [-0.3, -0.25) is 4.79 Å². The molecule has 1 heterocycles. The van der Waals surface area contributed by atoms with Gasteiger partial charge < -0.3 is 11.1 Å². The largest absolute Gasteiger partial charge is 0.399 e. The molecule has 0 saturated heterocycles. The number of carbonyl (C=O) groups excluding carboxylic acids is 1. The molecule has 2 aromatic rings. The van der Waals surface area contributed by atoms with Crippen molar-refractivity contribution in [3.05, 3.63) is 45.2 Å². The number of carbonyl (C=O) groups is 1. The van der Waals surface area contributed by atoms with Crippen LogP contribution in [-0.4, -0.2) is 10.9 Å². The van der Waals surface area contributed by atoms with E-state index in [9.17, 15) is 9.18 Å². The Morgan fingerprint density at radius 3 is 2.90 bits per heavy atom. The summed E-state index contributed by atoms with van der Waals surface area (Å²) in [4.78, 5) is 17.3. The van der Waals surface area contributed by atoms with Crippen molar-refractivity contribution in [1.82, 2.24) is 10.3 Å². The number of nitrogens with zero attached hydrogens (tertiary/aromatic N) is 1. The molecule has 0 aliphatic heterocycles. The Labute approximate surface area is 120 Å². The lowest BCUT2D eigenvalue weighted by atomic mass is 10.1. The Morgan fingerprint density at radius 1 is 1.50 bits per heavy atom. The van der Waals surface area contributed by atoms with Crippen LogP contribution in [0.1, 0.15) is 32.7 Å². The second-order valence-corrected chi connectivity index (χ2v) is 5.66. The van der Waals surface area contributed by atoms with Gasteiger partial charge in [-0.05, 0) is 31.0 Å². The summed E-state index contributed by atoms with van der Waals surface area (Å²) < 4.78 is 13.9. The summed E-state index contributed by atoms with van der Waals surface area (Å²) in [5, 5.41) is 3.46. The zero-order chi connectivity index (χ0) is 14.7. The number of nitrogens with one attached hydrogen (secondary N) is 1. The number of hydrogen-bond acceptors (Lipinski definition) is 4. The van der Waals surface area contributed by atoms with Crippen LogP contribution in [0.25, 0.3) is 0 Å². The quantitative estimate of drug-likeness (QED) is 0.852. The third-order valence-corrected chi connectivity index (χ3v) is 4.01. The standard InChI is InChI=1S/C14H16FN3OS/c1-3-10-6-17-12(20-10)7-18-14(19)11-5-9(16)4-8(2)13(11)15/h4-6H,3,7,16H2,1-2H3,(H,18,19). The highest BCUT2D eigenvalue weighted by molar-refractivity contribution is 7.11. The van der Waals surface area contributed by atoms with Gasteiger partial charge in [0.2, 0.25) is 0 Å². The number of amides is 1. The van der Waals surface area contributed by atoms with Crippen LogP contribution in [0.15, 0.2) is 18.3 Å². The van der Waals surface area contributed by atoms with Gasteiger partial charge in [0.15, 0.2) is 0 Å². The lowest BCUT2D eigenvalue weighted by molar-refractivity contribution is 0.0946. The predicted octanol–water partition coefficient (Wildman–Crippen LogP) is 2.67. The fraction of sp³-hybridized carbons (Fsp3) is 0.286. The Bertz CT molecular complexity index is 639. The molecule has 0 bridgehead atoms. The van der Waals surface area contributed by atoms with Crippen molar-refractivity contribution in [3.63, 3.8) is 0 Å². The van der Waals surface area contributed by atoms with Gasteiger partial charge in [0.05, 0.1) is 12.1 Å². The van der Waals surface area contributed by atoms with Crippen molar-refractivity contribution in [2.75, 3.05) is 5.73 Å². The number of hydrogen-bond donors (Lipinski definition) is 2. The van der Waals surface area contributed by atoms with Gasteiger partial charge >= 0.3 is 0 Å². The number of aromatic nitrogens is 1. The Morgan fingerprint density at radius 2 is 2.25 bits per heavy atom. The lowest BCUT2D eigenvalue weighted by Gasteiger charge is -2.07. The SMILES string of the molecule is CCc1cnc(CNC(=O)c2cc(N)cc(C)c2F)s1. The molecule has 0 aliphatic rings. The van der Waals surface area contributed by atoms with E-state index in [4.69, 9.17) is 5.73 Å². The van der Waals surface area contributed by atoms with Crippen LogP contribution >= 0.6 is 11.3 Å². The van der Waals surface area contributed by atoms with Crippen molar-refractivity contribution in [2.45, 2.75) is 26.8 Å². The van der Waals surface area contributed by atoms with Gasteiger partial charge in [-0.25, -0.2) is 9.37 Å². The number of anilines is 1. The van der Waals surface area contributed by atoms with Crippen molar-refractivity contribution in [1.29, 1.82) is 0 Å². The minimum Gasteiger partial charge on any atom is -0.399 e. The van der Waals surface area contributed by atoms with Crippen LogP contribution in [0.5, 0.6) is 0 Å². The third kappa shape index (κ3) is 3.14. The molecule has 0 saturated carbocycles. The molecule has 0 unspecified atom stereocenters. The second kappa shape index (κ2) is 6.00. The number of rotatable bonds is 4. The first kappa shape index (κ1) is 14.5. The number of thiazole rings is 1. The number of nitrogen functional groups attached to an aromatic ring is 1. The van der Waals surface area contributed by atoms with Crippen molar-refractivity contribution in [2.24, 2.45) is 0 Å². The third-order valence-electron chi connectivity index (χ3n) is 2.87. The molecule has 4 nitrogen and oxygen atoms in total. The van der Waals surface area contributed by atoms with Crippen LogP contribution in [0, 0.1) is 12.7 Å². The molecule has 0 fully saturated rings. The highest BCUT2D eigenvalue weighted by Gasteiger charge is 2.15. The van der Waals surface area contributed by atoms with Crippen LogP contribution in [0.2, 0.25) is 0 Å². The first-order valence-corrected chi connectivity index (χ1v) is 7.10. The van der Waals surface area contributed by atoms with E-state index in [1.54, 1.807) is 13.1 Å². The molecule has 106 valence electrons. The zero-order valence-electron chi connectivity index (χ0n) is 11.4. The molecule has 0 aliphatic carbocycles. The maximum Gasteiger partial charge on any atom is 0.254 e. The molecule has 20 heavy (non-hydrogen) atoms. The maximum atomic E-state index is 13.9. The van der Waals surface area contributed by atoms with E-state index < -0.39 is 11.7 Å². The van der Waals surface area contributed by atoms with E-state index in [0.29, 0.717) is 11.3 Å². The van der Waals surface area contributed by atoms with Crippen LogP contribution < -0.4 is 11.1 Å². The van der Waals surface area contributed by atoms with Gasteiger partial charge in [0.1, 0.15) is 10.8 Å². The monoisotopic (exact) mass is 293 g/mol. The molecular formula is C14H16FN3OS. The molecule has 6 heteroatoms. The van der Waals surface area contributed by atoms with Gasteiger partial charge in [0, 0.05) is 16.8 Å². The van der Waals surface area contributed by atoms with Crippen molar-refractivity contribution >= 4 is 22.9 Å². The summed E-state index contributed by atoms with van der Waals surface area (Å²) in [5.41, 5.74) is 6.34. The van der Waals surface area contributed by atoms with Crippen molar-refractivity contribution in [3.8, 4) is 0 Å². The maximum absolute atomic E-state index is 13.9. The van der Waals surface area contributed by atoms with E-state index in [-0.39, 0.29) is 12.1 Å². The highest BCUT2D eigenvalue weighted by atomic mass is 32.1.